The van der Waals surface area contributed by atoms with E-state index in [0.29, 0.717) is 6.61 Å². The summed E-state index contributed by atoms with van der Waals surface area (Å²) in [6, 6.07) is 24.2. The Morgan fingerprint density at radius 3 is 2.79 bits per heavy atom. The van der Waals surface area contributed by atoms with E-state index in [4.69, 9.17) is 9.47 Å². The maximum absolute atomic E-state index is 6.22. The molecule has 3 heterocycles. The summed E-state index contributed by atoms with van der Waals surface area (Å²) < 4.78 is 12.2. The minimum absolute atomic E-state index is 0.0924. The van der Waals surface area contributed by atoms with E-state index in [9.17, 15) is 0 Å². The molecule has 143 valence electrons. The van der Waals surface area contributed by atoms with Gasteiger partial charge in [-0.25, -0.2) is 4.98 Å². The van der Waals surface area contributed by atoms with Crippen LogP contribution in [0.1, 0.15) is 23.4 Å². The molecule has 0 bridgehead atoms. The average Bonchev–Trinajstić information content (AvgIpc) is 2.78. The summed E-state index contributed by atoms with van der Waals surface area (Å²) in [5.74, 6) is 1.65. The van der Waals surface area contributed by atoms with Gasteiger partial charge in [0.25, 0.3) is 0 Å². The molecule has 1 aliphatic heterocycles. The van der Waals surface area contributed by atoms with Gasteiger partial charge in [0.15, 0.2) is 0 Å². The predicted molar refractivity (Wildman–Crippen MR) is 113 cm³/mol. The zero-order chi connectivity index (χ0) is 19.5. The van der Waals surface area contributed by atoms with Gasteiger partial charge >= 0.3 is 0 Å². The molecule has 0 unspecified atom stereocenters. The van der Waals surface area contributed by atoms with Crippen molar-refractivity contribution in [2.75, 3.05) is 0 Å². The summed E-state index contributed by atoms with van der Waals surface area (Å²) in [6.45, 7) is 0.421. The second-order valence-corrected chi connectivity index (χ2v) is 7.19. The molecular weight excluding hydrogens is 360 g/mol. The van der Waals surface area contributed by atoms with E-state index in [-0.39, 0.29) is 6.10 Å². The zero-order valence-electron chi connectivity index (χ0n) is 16.0. The van der Waals surface area contributed by atoms with Gasteiger partial charge in [0.2, 0.25) is 0 Å². The summed E-state index contributed by atoms with van der Waals surface area (Å²) >= 11 is 0. The maximum atomic E-state index is 6.22. The van der Waals surface area contributed by atoms with E-state index in [1.807, 2.05) is 60.8 Å². The number of aromatic nitrogens is 2. The van der Waals surface area contributed by atoms with Gasteiger partial charge in [-0.15, -0.1) is 0 Å². The van der Waals surface area contributed by atoms with E-state index >= 15 is 0 Å². The molecule has 2 aromatic carbocycles. The second kappa shape index (κ2) is 7.92. The molecule has 1 aliphatic rings. The Bertz CT molecular complexity index is 1130. The largest absolute Gasteiger partial charge is 0.490 e. The summed E-state index contributed by atoms with van der Waals surface area (Å²) in [5, 5.41) is 1.13. The predicted octanol–water partition coefficient (Wildman–Crippen LogP) is 5.15. The van der Waals surface area contributed by atoms with Crippen molar-refractivity contribution in [3.8, 4) is 11.5 Å². The molecule has 0 fully saturated rings. The molecule has 29 heavy (non-hydrogen) atoms. The standard InChI is InChI=1S/C25H21N2O2/c1-2-7-24-18(5-1)8-11-21(27-24)17-28-22-12-9-19-10-13-23(29-25(19)16-22)15-20-6-3-4-14-26-20/h1-12,14,16,23H,13,15,17H2/t23-/m0/s1. The summed E-state index contributed by atoms with van der Waals surface area (Å²) in [7, 11) is 0. The highest BCUT2D eigenvalue weighted by Gasteiger charge is 2.21. The molecule has 0 amide bonds. The lowest BCUT2D eigenvalue weighted by Crippen LogP contribution is -2.24. The quantitative estimate of drug-likeness (QED) is 0.479. The summed E-state index contributed by atoms with van der Waals surface area (Å²) in [5.41, 5.74) is 4.04. The highest BCUT2D eigenvalue weighted by atomic mass is 16.5. The highest BCUT2D eigenvalue weighted by Crippen LogP contribution is 2.33. The maximum Gasteiger partial charge on any atom is 0.130 e. The molecule has 0 spiro atoms. The van der Waals surface area contributed by atoms with Crippen LogP contribution in [0.3, 0.4) is 0 Å². The molecule has 0 N–H and O–H groups in total. The fourth-order valence-corrected chi connectivity index (χ4v) is 3.58. The van der Waals surface area contributed by atoms with E-state index in [0.717, 1.165) is 52.2 Å². The number of pyridine rings is 2. The fourth-order valence-electron chi connectivity index (χ4n) is 3.58. The van der Waals surface area contributed by atoms with Crippen molar-refractivity contribution >= 4 is 10.9 Å². The number of hydrogen-bond acceptors (Lipinski definition) is 4. The van der Waals surface area contributed by atoms with Gasteiger partial charge in [0.1, 0.15) is 24.2 Å². The lowest BCUT2D eigenvalue weighted by Gasteiger charge is -2.26. The number of fused-ring (bicyclic) bond motifs is 2. The number of nitrogens with zero attached hydrogens (tertiary/aromatic N) is 2. The SMILES string of the molecule is [CH]1C[C@@H](Cc2ccccn2)Oc2cc(OCc3ccc4ccccc4n3)ccc21. The van der Waals surface area contributed by atoms with Gasteiger partial charge in [0, 0.05) is 29.8 Å². The molecule has 5 rings (SSSR count). The van der Waals surface area contributed by atoms with Crippen LogP contribution in [0.5, 0.6) is 11.5 Å². The van der Waals surface area contributed by atoms with Crippen molar-refractivity contribution in [2.45, 2.75) is 25.6 Å². The van der Waals surface area contributed by atoms with Crippen molar-refractivity contribution in [1.29, 1.82) is 0 Å². The molecule has 1 radical (unpaired) electrons. The average molecular weight is 381 g/mol. The van der Waals surface area contributed by atoms with Gasteiger partial charge in [0.05, 0.1) is 11.2 Å². The zero-order valence-corrected chi connectivity index (χ0v) is 16.0. The first kappa shape index (κ1) is 17.7. The number of benzene rings is 2. The van der Waals surface area contributed by atoms with Gasteiger partial charge in [-0.1, -0.05) is 36.4 Å². The van der Waals surface area contributed by atoms with Crippen LogP contribution in [0.4, 0.5) is 0 Å². The third kappa shape index (κ3) is 4.06. The molecule has 4 aromatic rings. The van der Waals surface area contributed by atoms with Gasteiger partial charge in [-0.2, -0.15) is 0 Å². The first-order valence-electron chi connectivity index (χ1n) is 9.85. The van der Waals surface area contributed by atoms with E-state index < -0.39 is 0 Å². The Balaban J connectivity index is 1.27. The van der Waals surface area contributed by atoms with Crippen molar-refractivity contribution in [3.05, 3.63) is 102 Å². The van der Waals surface area contributed by atoms with Crippen molar-refractivity contribution in [2.24, 2.45) is 0 Å². The van der Waals surface area contributed by atoms with Crippen LogP contribution in [-0.2, 0) is 13.0 Å². The van der Waals surface area contributed by atoms with E-state index in [1.165, 1.54) is 0 Å². The minimum Gasteiger partial charge on any atom is -0.490 e. The smallest absolute Gasteiger partial charge is 0.130 e. The van der Waals surface area contributed by atoms with Crippen molar-refractivity contribution in [3.63, 3.8) is 0 Å². The number of ether oxygens (including phenoxy) is 2. The van der Waals surface area contributed by atoms with Gasteiger partial charge < -0.3 is 9.47 Å². The Kier molecular flexibility index (Phi) is 4.83. The molecular formula is C25H21N2O2. The fraction of sp³-hybridized carbons (Fsp3) is 0.160. The van der Waals surface area contributed by atoms with Crippen LogP contribution in [0.2, 0.25) is 0 Å². The first-order chi connectivity index (χ1) is 14.3. The Morgan fingerprint density at radius 2 is 1.86 bits per heavy atom. The highest BCUT2D eigenvalue weighted by molar-refractivity contribution is 5.78. The van der Waals surface area contributed by atoms with Crippen LogP contribution in [0.25, 0.3) is 10.9 Å². The molecule has 2 aromatic heterocycles. The molecule has 0 saturated heterocycles. The number of rotatable bonds is 5. The monoisotopic (exact) mass is 381 g/mol. The third-order valence-electron chi connectivity index (χ3n) is 5.09. The first-order valence-corrected chi connectivity index (χ1v) is 9.85. The second-order valence-electron chi connectivity index (χ2n) is 7.19. The molecule has 0 aliphatic carbocycles. The van der Waals surface area contributed by atoms with Crippen LogP contribution in [0.15, 0.2) is 79.0 Å². The van der Waals surface area contributed by atoms with Crippen LogP contribution >= 0.6 is 0 Å². The van der Waals surface area contributed by atoms with Crippen molar-refractivity contribution in [1.82, 2.24) is 9.97 Å². The Morgan fingerprint density at radius 1 is 0.931 bits per heavy atom. The molecule has 0 saturated carbocycles. The lowest BCUT2D eigenvalue weighted by atomic mass is 9.99. The van der Waals surface area contributed by atoms with Crippen LogP contribution in [0, 0.1) is 6.42 Å². The van der Waals surface area contributed by atoms with E-state index in [1.54, 1.807) is 0 Å². The van der Waals surface area contributed by atoms with E-state index in [2.05, 4.69) is 34.6 Å². The lowest BCUT2D eigenvalue weighted by molar-refractivity contribution is 0.186. The normalized spacial score (nSPS) is 15.5. The molecule has 4 nitrogen and oxygen atoms in total. The topological polar surface area (TPSA) is 44.2 Å². The number of para-hydroxylation sites is 1. The van der Waals surface area contributed by atoms with Crippen LogP contribution in [-0.4, -0.2) is 16.1 Å². The van der Waals surface area contributed by atoms with Gasteiger partial charge in [-0.05, 0) is 48.7 Å². The summed E-state index contributed by atoms with van der Waals surface area (Å²) in [4.78, 5) is 9.07. The third-order valence-corrected chi connectivity index (χ3v) is 5.09. The van der Waals surface area contributed by atoms with Gasteiger partial charge in [-0.3, -0.25) is 4.98 Å². The Hall–Kier alpha value is -3.40. The molecule has 1 atom stereocenters. The molecule has 4 heteroatoms. The van der Waals surface area contributed by atoms with Crippen LogP contribution < -0.4 is 9.47 Å². The Labute approximate surface area is 170 Å². The minimum atomic E-state index is 0.0924. The summed E-state index contributed by atoms with van der Waals surface area (Å²) in [6.07, 6.45) is 5.81. The van der Waals surface area contributed by atoms with Crippen molar-refractivity contribution < 1.29 is 9.47 Å². The number of hydrogen-bond donors (Lipinski definition) is 0.